The summed E-state index contributed by atoms with van der Waals surface area (Å²) < 4.78 is 3.70. The number of imidazole rings is 1. The Bertz CT molecular complexity index is 1290. The number of aryl methyl sites for hydroxylation is 2. The molecule has 0 bridgehead atoms. The summed E-state index contributed by atoms with van der Waals surface area (Å²) in [5.41, 5.74) is 2.22. The monoisotopic (exact) mass is 447 g/mol. The van der Waals surface area contributed by atoms with Gasteiger partial charge in [-0.25, -0.2) is 4.98 Å². The first kappa shape index (κ1) is 22.8. The van der Waals surface area contributed by atoms with Crippen molar-refractivity contribution in [1.29, 1.82) is 5.26 Å². The molecule has 0 saturated heterocycles. The normalized spacial score (nSPS) is 11.2. The molecule has 8 nitrogen and oxygen atoms in total. The molecule has 1 aromatic carbocycles. The molecule has 162 valence electrons. The molecular formula is C23H21N5O3S. The molecule has 3 aromatic rings. The number of aromatic nitrogens is 3. The number of carbonyl (C=O) groups is 1. The lowest BCUT2D eigenvalue weighted by Gasteiger charge is -2.06. The number of carbonyl (C=O) groups excluding carboxylic acids is 1. The number of hydrogen-bond donors (Lipinski definition) is 0. The van der Waals surface area contributed by atoms with E-state index in [1.807, 2.05) is 24.5 Å². The van der Waals surface area contributed by atoms with Crippen LogP contribution < -0.4 is 0 Å². The highest BCUT2D eigenvalue weighted by molar-refractivity contribution is 7.99. The second-order valence-corrected chi connectivity index (χ2v) is 8.10. The number of nitro benzene ring substituents is 1. The fourth-order valence-corrected chi connectivity index (χ4v) is 4.19. The van der Waals surface area contributed by atoms with Gasteiger partial charge < -0.3 is 9.13 Å². The minimum Gasteiger partial charge on any atom is -0.345 e. The molecule has 2 aromatic heterocycles. The Hall–Kier alpha value is -3.90. The van der Waals surface area contributed by atoms with Crippen LogP contribution in [0, 0.1) is 35.3 Å². The standard InChI is InChI=1S/C23H21N5O3S/c1-5-9-27-15(2)11-19(16(27)3)22(29)18(14-24)12-17-6-7-21(20(13-17)28(30)31)32-23-25-8-10-26(23)4/h5-8,10-13H,1,9H2,2-4H3/b18-12+. The van der Waals surface area contributed by atoms with Crippen molar-refractivity contribution in [2.75, 3.05) is 0 Å². The van der Waals surface area contributed by atoms with Crippen molar-refractivity contribution in [2.24, 2.45) is 7.05 Å². The lowest BCUT2D eigenvalue weighted by atomic mass is 10.0. The second kappa shape index (κ2) is 9.49. The van der Waals surface area contributed by atoms with E-state index in [1.165, 1.54) is 23.9 Å². The minimum atomic E-state index is -0.487. The summed E-state index contributed by atoms with van der Waals surface area (Å²) in [6.07, 6.45) is 6.48. The van der Waals surface area contributed by atoms with Gasteiger partial charge in [0, 0.05) is 49.0 Å². The summed E-state index contributed by atoms with van der Waals surface area (Å²) in [7, 11) is 1.80. The summed E-state index contributed by atoms with van der Waals surface area (Å²) in [6, 6.07) is 8.27. The zero-order chi connectivity index (χ0) is 23.4. The molecule has 0 aliphatic carbocycles. The van der Waals surface area contributed by atoms with E-state index in [-0.39, 0.29) is 11.3 Å². The number of nitrogens with zero attached hydrogens (tertiary/aromatic N) is 5. The highest BCUT2D eigenvalue weighted by atomic mass is 32.2. The molecule has 0 aliphatic heterocycles. The molecule has 2 heterocycles. The Kier molecular flexibility index (Phi) is 6.76. The third-order valence-corrected chi connectivity index (χ3v) is 6.11. The average molecular weight is 448 g/mol. The molecule has 32 heavy (non-hydrogen) atoms. The highest BCUT2D eigenvalue weighted by Gasteiger charge is 2.21. The first-order chi connectivity index (χ1) is 15.3. The molecule has 9 heteroatoms. The Balaban J connectivity index is 1.98. The van der Waals surface area contributed by atoms with Gasteiger partial charge in [-0.15, -0.1) is 6.58 Å². The highest BCUT2D eigenvalue weighted by Crippen LogP contribution is 2.35. The molecule has 0 spiro atoms. The van der Waals surface area contributed by atoms with Crippen LogP contribution >= 0.6 is 11.8 Å². The number of benzene rings is 1. The van der Waals surface area contributed by atoms with Crippen LogP contribution in [0.1, 0.15) is 27.3 Å². The maximum absolute atomic E-state index is 13.0. The van der Waals surface area contributed by atoms with Crippen molar-refractivity contribution in [3.8, 4) is 6.07 Å². The quantitative estimate of drug-likeness (QED) is 0.122. The fraction of sp³-hybridized carbons (Fsp3) is 0.174. The lowest BCUT2D eigenvalue weighted by molar-refractivity contribution is -0.387. The van der Waals surface area contributed by atoms with E-state index >= 15 is 0 Å². The van der Waals surface area contributed by atoms with Crippen LogP contribution in [0.2, 0.25) is 0 Å². The van der Waals surface area contributed by atoms with Crippen LogP contribution in [0.5, 0.6) is 0 Å². The Labute approximate surface area is 189 Å². The zero-order valence-electron chi connectivity index (χ0n) is 17.9. The van der Waals surface area contributed by atoms with E-state index in [0.29, 0.717) is 27.7 Å². The van der Waals surface area contributed by atoms with Crippen LogP contribution in [0.3, 0.4) is 0 Å². The van der Waals surface area contributed by atoms with Gasteiger partial charge in [-0.2, -0.15) is 5.26 Å². The topological polar surface area (TPSA) is 107 Å². The third-order valence-electron chi connectivity index (χ3n) is 4.96. The van der Waals surface area contributed by atoms with Gasteiger partial charge in [-0.3, -0.25) is 14.9 Å². The number of ketones is 1. The van der Waals surface area contributed by atoms with Crippen LogP contribution in [0.25, 0.3) is 6.08 Å². The number of allylic oxidation sites excluding steroid dienone is 2. The van der Waals surface area contributed by atoms with Gasteiger partial charge in [0.1, 0.15) is 11.6 Å². The van der Waals surface area contributed by atoms with Crippen LogP contribution in [0.4, 0.5) is 5.69 Å². The zero-order valence-corrected chi connectivity index (χ0v) is 18.7. The van der Waals surface area contributed by atoms with Gasteiger partial charge in [-0.1, -0.05) is 12.1 Å². The van der Waals surface area contributed by atoms with E-state index in [4.69, 9.17) is 0 Å². The molecule has 0 fully saturated rings. The fourth-order valence-electron chi connectivity index (χ4n) is 3.30. The van der Waals surface area contributed by atoms with E-state index in [9.17, 15) is 20.2 Å². The predicted molar refractivity (Wildman–Crippen MR) is 122 cm³/mol. The summed E-state index contributed by atoms with van der Waals surface area (Å²) in [5.74, 6) is -0.426. The van der Waals surface area contributed by atoms with E-state index in [0.717, 1.165) is 11.4 Å². The van der Waals surface area contributed by atoms with Crippen LogP contribution in [0.15, 0.2) is 64.9 Å². The summed E-state index contributed by atoms with van der Waals surface area (Å²) >= 11 is 1.17. The van der Waals surface area contributed by atoms with Gasteiger partial charge in [0.05, 0.1) is 9.82 Å². The van der Waals surface area contributed by atoms with Crippen molar-refractivity contribution in [3.63, 3.8) is 0 Å². The predicted octanol–water partition coefficient (Wildman–Crippen LogP) is 4.87. The van der Waals surface area contributed by atoms with Crippen LogP contribution in [-0.2, 0) is 13.6 Å². The maximum Gasteiger partial charge on any atom is 0.283 e. The second-order valence-electron chi connectivity index (χ2n) is 7.09. The van der Waals surface area contributed by atoms with Gasteiger partial charge in [0.25, 0.3) is 5.69 Å². The van der Waals surface area contributed by atoms with Gasteiger partial charge in [-0.05, 0) is 49.4 Å². The van der Waals surface area contributed by atoms with Crippen molar-refractivity contribution in [1.82, 2.24) is 14.1 Å². The number of hydrogen-bond acceptors (Lipinski definition) is 6. The summed E-state index contributed by atoms with van der Waals surface area (Å²) in [4.78, 5) is 28.8. The summed E-state index contributed by atoms with van der Waals surface area (Å²) in [5, 5.41) is 21.9. The molecule has 0 saturated carbocycles. The molecule has 0 aliphatic rings. The molecule has 0 amide bonds. The van der Waals surface area contributed by atoms with Crippen molar-refractivity contribution in [3.05, 3.63) is 87.5 Å². The molecule has 3 rings (SSSR count). The van der Waals surface area contributed by atoms with Gasteiger partial charge in [0.15, 0.2) is 5.16 Å². The first-order valence-corrected chi connectivity index (χ1v) is 10.5. The number of nitriles is 1. The average Bonchev–Trinajstić information content (AvgIpc) is 3.29. The maximum atomic E-state index is 13.0. The molecule has 0 unspecified atom stereocenters. The molecule has 0 N–H and O–H groups in total. The Morgan fingerprint density at radius 3 is 2.72 bits per heavy atom. The Morgan fingerprint density at radius 2 is 2.12 bits per heavy atom. The summed E-state index contributed by atoms with van der Waals surface area (Å²) in [6.45, 7) is 7.97. The molecule has 0 atom stereocenters. The van der Waals surface area contributed by atoms with E-state index in [1.54, 1.807) is 48.3 Å². The van der Waals surface area contributed by atoms with Crippen molar-refractivity contribution < 1.29 is 9.72 Å². The largest absolute Gasteiger partial charge is 0.345 e. The van der Waals surface area contributed by atoms with E-state index in [2.05, 4.69) is 11.6 Å². The number of rotatable bonds is 8. The SMILES string of the molecule is C=CCn1c(C)cc(C(=O)/C(C#N)=C/c2ccc(Sc3nccn3C)c([N+](=O)[O-])c2)c1C. The number of Topliss-reactive ketones (excluding diaryl/α,β-unsaturated/α-hetero) is 1. The smallest absolute Gasteiger partial charge is 0.283 e. The van der Waals surface area contributed by atoms with Gasteiger partial charge >= 0.3 is 0 Å². The van der Waals surface area contributed by atoms with E-state index < -0.39 is 10.7 Å². The first-order valence-electron chi connectivity index (χ1n) is 9.64. The molecule has 0 radical (unpaired) electrons. The van der Waals surface area contributed by atoms with Crippen LogP contribution in [-0.4, -0.2) is 24.8 Å². The van der Waals surface area contributed by atoms with Crippen molar-refractivity contribution >= 4 is 29.3 Å². The molecular weight excluding hydrogens is 426 g/mol. The number of nitro groups is 1. The van der Waals surface area contributed by atoms with Gasteiger partial charge in [0.2, 0.25) is 5.78 Å². The third kappa shape index (κ3) is 4.55. The minimum absolute atomic E-state index is 0.0948. The Morgan fingerprint density at radius 1 is 1.38 bits per heavy atom. The van der Waals surface area contributed by atoms with Crippen molar-refractivity contribution in [2.45, 2.75) is 30.4 Å². The lowest BCUT2D eigenvalue weighted by Crippen LogP contribution is -2.06.